The Hall–Kier alpha value is -1.80. The van der Waals surface area contributed by atoms with Gasteiger partial charge in [-0.1, -0.05) is 29.3 Å². The first-order valence-corrected chi connectivity index (χ1v) is 5.54. The quantitative estimate of drug-likeness (QED) is 0.818. The van der Waals surface area contributed by atoms with Crippen molar-refractivity contribution in [3.8, 4) is 16.9 Å². The Morgan fingerprint density at radius 1 is 1.18 bits per heavy atom. The number of halogens is 1. The lowest BCUT2D eigenvalue weighted by atomic mass is 10.0. The van der Waals surface area contributed by atoms with E-state index in [1.165, 1.54) is 6.07 Å². The van der Waals surface area contributed by atoms with Gasteiger partial charge in [0.1, 0.15) is 5.75 Å². The van der Waals surface area contributed by atoms with Crippen molar-refractivity contribution in [1.29, 1.82) is 0 Å². The molecule has 0 atom stereocenters. The number of carbonyl (C=O) groups excluding carboxylic acids is 1. The summed E-state index contributed by atoms with van der Waals surface area (Å²) < 4.78 is 0. The molecule has 0 aliphatic rings. The Balaban J connectivity index is 2.60. The van der Waals surface area contributed by atoms with Crippen LogP contribution in [0.25, 0.3) is 11.1 Å². The van der Waals surface area contributed by atoms with Crippen molar-refractivity contribution < 1.29 is 9.90 Å². The van der Waals surface area contributed by atoms with Crippen molar-refractivity contribution in [2.24, 2.45) is 0 Å². The number of aryl methyl sites for hydroxylation is 1. The first-order chi connectivity index (χ1) is 8.11. The predicted molar refractivity (Wildman–Crippen MR) is 68.7 cm³/mol. The van der Waals surface area contributed by atoms with E-state index in [1.807, 2.05) is 25.1 Å². The van der Waals surface area contributed by atoms with Gasteiger partial charge in [0.05, 0.1) is 5.56 Å². The summed E-state index contributed by atoms with van der Waals surface area (Å²) in [5.74, 6) is -0.0208. The highest BCUT2D eigenvalue weighted by molar-refractivity contribution is 6.33. The first kappa shape index (κ1) is 11.7. The second-order valence-electron chi connectivity index (χ2n) is 3.87. The highest BCUT2D eigenvalue weighted by Crippen LogP contribution is 2.31. The number of phenolic OH excluding ortho intramolecular Hbond substituents is 1. The summed E-state index contributed by atoms with van der Waals surface area (Å²) in [5, 5.41) is 10.1. The zero-order valence-corrected chi connectivity index (χ0v) is 10.0. The molecule has 2 rings (SSSR count). The number of benzene rings is 2. The van der Waals surface area contributed by atoms with Gasteiger partial charge in [-0.15, -0.1) is 0 Å². The molecular formula is C14H11ClO2. The number of hydrogen-bond donors (Lipinski definition) is 1. The fourth-order valence-corrected chi connectivity index (χ4v) is 1.90. The molecule has 3 heteroatoms. The monoisotopic (exact) mass is 246 g/mol. The van der Waals surface area contributed by atoms with E-state index in [2.05, 4.69) is 0 Å². The molecule has 1 N–H and O–H groups in total. The number of phenols is 1. The smallest absolute Gasteiger partial charge is 0.153 e. The molecule has 0 aliphatic heterocycles. The van der Waals surface area contributed by atoms with Crippen LogP contribution < -0.4 is 0 Å². The van der Waals surface area contributed by atoms with Crippen LogP contribution in [0, 0.1) is 6.92 Å². The highest BCUT2D eigenvalue weighted by atomic mass is 35.5. The van der Waals surface area contributed by atoms with Gasteiger partial charge in [0.15, 0.2) is 6.29 Å². The molecule has 0 aliphatic carbocycles. The third-order valence-electron chi connectivity index (χ3n) is 2.59. The topological polar surface area (TPSA) is 37.3 Å². The van der Waals surface area contributed by atoms with Gasteiger partial charge < -0.3 is 5.11 Å². The molecule has 0 spiro atoms. The molecule has 0 aromatic heterocycles. The van der Waals surface area contributed by atoms with Crippen molar-refractivity contribution >= 4 is 17.9 Å². The number of aldehydes is 1. The fraction of sp³-hybridized carbons (Fsp3) is 0.0714. The van der Waals surface area contributed by atoms with Crippen LogP contribution >= 0.6 is 11.6 Å². The predicted octanol–water partition coefficient (Wildman–Crippen LogP) is 3.83. The summed E-state index contributed by atoms with van der Waals surface area (Å²) in [4.78, 5) is 10.8. The van der Waals surface area contributed by atoms with Gasteiger partial charge in [-0.25, -0.2) is 0 Å². The molecule has 2 nitrogen and oxygen atoms in total. The van der Waals surface area contributed by atoms with Crippen LogP contribution in [0.15, 0.2) is 36.4 Å². The first-order valence-electron chi connectivity index (χ1n) is 5.16. The Morgan fingerprint density at radius 2 is 1.94 bits per heavy atom. The molecule has 0 radical (unpaired) electrons. The molecule has 17 heavy (non-hydrogen) atoms. The Labute approximate surface area is 104 Å². The molecule has 86 valence electrons. The van der Waals surface area contributed by atoms with Gasteiger partial charge in [0.2, 0.25) is 0 Å². The largest absolute Gasteiger partial charge is 0.507 e. The van der Waals surface area contributed by atoms with Crippen molar-refractivity contribution in [3.05, 3.63) is 52.5 Å². The molecular weight excluding hydrogens is 236 g/mol. The lowest BCUT2D eigenvalue weighted by Crippen LogP contribution is -1.86. The lowest BCUT2D eigenvalue weighted by molar-refractivity contribution is 0.112. The summed E-state index contributed by atoms with van der Waals surface area (Å²) in [6, 6.07) is 10.6. The van der Waals surface area contributed by atoms with E-state index in [0.717, 1.165) is 16.7 Å². The van der Waals surface area contributed by atoms with Crippen LogP contribution in [0.5, 0.6) is 5.75 Å². The minimum atomic E-state index is -0.0208. The molecule has 0 amide bonds. The Bertz CT molecular complexity index is 576. The maximum absolute atomic E-state index is 10.8. The minimum Gasteiger partial charge on any atom is -0.507 e. The molecule has 0 saturated carbocycles. The van der Waals surface area contributed by atoms with Gasteiger partial charge in [-0.2, -0.15) is 0 Å². The minimum absolute atomic E-state index is 0.0208. The van der Waals surface area contributed by atoms with Gasteiger partial charge in [-0.05, 0) is 36.8 Å². The number of carbonyl (C=O) groups is 1. The summed E-state index contributed by atoms with van der Waals surface area (Å²) in [7, 11) is 0. The van der Waals surface area contributed by atoms with Crippen LogP contribution in [0.1, 0.15) is 15.9 Å². The van der Waals surface area contributed by atoms with E-state index in [1.54, 1.807) is 12.1 Å². The van der Waals surface area contributed by atoms with Crippen molar-refractivity contribution in [2.45, 2.75) is 6.92 Å². The highest BCUT2D eigenvalue weighted by Gasteiger charge is 2.07. The number of hydrogen-bond acceptors (Lipinski definition) is 2. The lowest BCUT2D eigenvalue weighted by Gasteiger charge is -2.07. The van der Waals surface area contributed by atoms with Crippen molar-refractivity contribution in [1.82, 2.24) is 0 Å². The zero-order valence-electron chi connectivity index (χ0n) is 9.27. The second kappa shape index (κ2) is 4.60. The maximum atomic E-state index is 10.8. The van der Waals surface area contributed by atoms with E-state index < -0.39 is 0 Å². The number of rotatable bonds is 2. The van der Waals surface area contributed by atoms with E-state index in [0.29, 0.717) is 11.3 Å². The number of aromatic hydroxyl groups is 1. The van der Waals surface area contributed by atoms with E-state index in [4.69, 9.17) is 11.6 Å². The summed E-state index contributed by atoms with van der Waals surface area (Å²) in [6.07, 6.45) is 0.628. The van der Waals surface area contributed by atoms with Gasteiger partial charge in [0, 0.05) is 10.6 Å². The normalized spacial score (nSPS) is 10.2. The van der Waals surface area contributed by atoms with Gasteiger partial charge in [-0.3, -0.25) is 4.79 Å². The Morgan fingerprint density at radius 3 is 2.65 bits per heavy atom. The average molecular weight is 247 g/mol. The molecule has 0 bridgehead atoms. The fourth-order valence-electron chi connectivity index (χ4n) is 1.68. The van der Waals surface area contributed by atoms with E-state index >= 15 is 0 Å². The summed E-state index contributed by atoms with van der Waals surface area (Å²) in [6.45, 7) is 1.97. The van der Waals surface area contributed by atoms with Gasteiger partial charge >= 0.3 is 0 Å². The zero-order chi connectivity index (χ0) is 12.4. The molecule has 0 heterocycles. The second-order valence-corrected chi connectivity index (χ2v) is 4.28. The SMILES string of the molecule is Cc1ccc(Cl)c(-c2ccc(O)c(C=O)c2)c1. The molecule has 2 aromatic carbocycles. The van der Waals surface area contributed by atoms with Crippen LogP contribution in [0.2, 0.25) is 5.02 Å². The van der Waals surface area contributed by atoms with Crippen LogP contribution in [-0.2, 0) is 0 Å². The molecule has 0 fully saturated rings. The third-order valence-corrected chi connectivity index (χ3v) is 2.92. The van der Waals surface area contributed by atoms with Crippen molar-refractivity contribution in [3.63, 3.8) is 0 Å². The third kappa shape index (κ3) is 2.32. The molecule has 2 aromatic rings. The average Bonchev–Trinajstić information content (AvgIpc) is 2.33. The maximum Gasteiger partial charge on any atom is 0.153 e. The Kier molecular flexibility index (Phi) is 3.16. The standard InChI is InChI=1S/C14H11ClO2/c1-9-2-4-13(15)12(6-9)10-3-5-14(17)11(7-10)8-16/h2-8,17H,1H3. The van der Waals surface area contributed by atoms with E-state index in [-0.39, 0.29) is 11.3 Å². The molecule has 0 unspecified atom stereocenters. The van der Waals surface area contributed by atoms with E-state index in [9.17, 15) is 9.90 Å². The summed E-state index contributed by atoms with van der Waals surface area (Å²) in [5.41, 5.74) is 3.03. The van der Waals surface area contributed by atoms with Crippen LogP contribution in [-0.4, -0.2) is 11.4 Å². The van der Waals surface area contributed by atoms with Crippen LogP contribution in [0.3, 0.4) is 0 Å². The van der Waals surface area contributed by atoms with Gasteiger partial charge in [0.25, 0.3) is 0 Å². The molecule has 0 saturated heterocycles. The van der Waals surface area contributed by atoms with Crippen LogP contribution in [0.4, 0.5) is 0 Å². The van der Waals surface area contributed by atoms with Crippen molar-refractivity contribution in [2.75, 3.05) is 0 Å². The summed E-state index contributed by atoms with van der Waals surface area (Å²) >= 11 is 6.12.